The van der Waals surface area contributed by atoms with E-state index in [0.717, 1.165) is 6.42 Å². The highest BCUT2D eigenvalue weighted by atomic mass is 16.6. The maximum absolute atomic E-state index is 11.5. The Balaban J connectivity index is 3.98. The van der Waals surface area contributed by atoms with Crippen molar-refractivity contribution in [2.75, 3.05) is 6.54 Å². The lowest BCUT2D eigenvalue weighted by molar-refractivity contribution is -0.162. The summed E-state index contributed by atoms with van der Waals surface area (Å²) in [5.41, 5.74) is 16.4. The number of carboxylic acid groups (broad SMARTS) is 1. The Morgan fingerprint density at radius 3 is 1.90 bits per heavy atom. The smallest absolute Gasteiger partial charge is 0.330 e. The first kappa shape index (κ1) is 18.5. The molecule has 8 nitrogen and oxygen atoms in total. The van der Waals surface area contributed by atoms with Gasteiger partial charge in [-0.1, -0.05) is 6.42 Å². The molecule has 0 aliphatic rings. The second kappa shape index (κ2) is 10.3. The van der Waals surface area contributed by atoms with Gasteiger partial charge in [-0.3, -0.25) is 4.79 Å². The quantitative estimate of drug-likeness (QED) is 0.228. The molecule has 0 saturated carbocycles. The number of unbranched alkanes of at least 4 members (excludes halogenated alkanes) is 1. The summed E-state index contributed by atoms with van der Waals surface area (Å²) < 4.78 is 4.56. The Morgan fingerprint density at radius 1 is 0.950 bits per heavy atom. The van der Waals surface area contributed by atoms with Crippen LogP contribution in [-0.2, 0) is 19.1 Å². The molecule has 0 rings (SSSR count). The number of carbonyl (C=O) groups is 3. The van der Waals surface area contributed by atoms with E-state index >= 15 is 0 Å². The summed E-state index contributed by atoms with van der Waals surface area (Å²) in [4.78, 5) is 33.3. The molecule has 20 heavy (non-hydrogen) atoms. The summed E-state index contributed by atoms with van der Waals surface area (Å²) in [5, 5.41) is 8.45. The standard InChI is InChI=1S/C12H23N3O5/c13-7-2-1-4-8(14)11(18)20-12(19)9(15)5-3-6-10(16)17/h8-9H,1-7,13-15H2,(H,16,17)/t8-,9?/m0/s1. The maximum atomic E-state index is 11.5. The summed E-state index contributed by atoms with van der Waals surface area (Å²) in [6.45, 7) is 0.509. The fourth-order valence-corrected chi connectivity index (χ4v) is 1.47. The van der Waals surface area contributed by atoms with Crippen molar-refractivity contribution >= 4 is 17.9 Å². The van der Waals surface area contributed by atoms with Crippen LogP contribution in [0.15, 0.2) is 0 Å². The Labute approximate surface area is 117 Å². The number of aliphatic carboxylic acids is 1. The fourth-order valence-electron chi connectivity index (χ4n) is 1.47. The molecule has 0 aliphatic carbocycles. The van der Waals surface area contributed by atoms with Crippen LogP contribution in [0.3, 0.4) is 0 Å². The van der Waals surface area contributed by atoms with Crippen molar-refractivity contribution in [1.82, 2.24) is 0 Å². The van der Waals surface area contributed by atoms with Gasteiger partial charge in [0, 0.05) is 6.42 Å². The van der Waals surface area contributed by atoms with E-state index < -0.39 is 30.0 Å². The third-order valence-electron chi connectivity index (χ3n) is 2.68. The molecule has 8 heteroatoms. The van der Waals surface area contributed by atoms with Gasteiger partial charge in [-0.2, -0.15) is 0 Å². The Bertz CT molecular complexity index is 335. The second-order valence-corrected chi connectivity index (χ2v) is 4.52. The van der Waals surface area contributed by atoms with Gasteiger partial charge in [-0.05, 0) is 32.2 Å². The number of carboxylic acids is 1. The van der Waals surface area contributed by atoms with Gasteiger partial charge in [0.05, 0.1) is 0 Å². The zero-order valence-corrected chi connectivity index (χ0v) is 11.4. The van der Waals surface area contributed by atoms with E-state index in [2.05, 4.69) is 4.74 Å². The molecular formula is C12H23N3O5. The van der Waals surface area contributed by atoms with Crippen LogP contribution in [0.4, 0.5) is 0 Å². The summed E-state index contributed by atoms with van der Waals surface area (Å²) >= 11 is 0. The lowest BCUT2D eigenvalue weighted by Gasteiger charge is -2.13. The highest BCUT2D eigenvalue weighted by Gasteiger charge is 2.22. The van der Waals surface area contributed by atoms with Crippen molar-refractivity contribution in [2.24, 2.45) is 17.2 Å². The number of carbonyl (C=O) groups excluding carboxylic acids is 2. The molecule has 0 aromatic rings. The topological polar surface area (TPSA) is 159 Å². The van der Waals surface area contributed by atoms with Crippen LogP contribution in [0, 0.1) is 0 Å². The van der Waals surface area contributed by atoms with Gasteiger partial charge in [0.25, 0.3) is 0 Å². The SMILES string of the molecule is NCCCC[C@H](N)C(=O)OC(=O)C(N)CCCC(=O)O. The molecule has 1 unspecified atom stereocenters. The zero-order chi connectivity index (χ0) is 15.5. The van der Waals surface area contributed by atoms with E-state index in [9.17, 15) is 14.4 Å². The minimum atomic E-state index is -1.02. The lowest BCUT2D eigenvalue weighted by Crippen LogP contribution is -2.39. The fraction of sp³-hybridized carbons (Fsp3) is 0.750. The first-order valence-corrected chi connectivity index (χ1v) is 6.57. The molecule has 116 valence electrons. The van der Waals surface area contributed by atoms with Crippen LogP contribution in [0.1, 0.15) is 38.5 Å². The lowest BCUT2D eigenvalue weighted by atomic mass is 10.1. The van der Waals surface area contributed by atoms with Crippen LogP contribution in [-0.4, -0.2) is 41.6 Å². The first-order valence-electron chi connectivity index (χ1n) is 6.57. The summed E-state index contributed by atoms with van der Waals surface area (Å²) in [6.07, 6.45) is 2.09. The molecule has 0 radical (unpaired) electrons. The van der Waals surface area contributed by atoms with Gasteiger partial charge in [0.1, 0.15) is 12.1 Å². The molecule has 7 N–H and O–H groups in total. The van der Waals surface area contributed by atoms with Crippen molar-refractivity contribution < 1.29 is 24.2 Å². The molecule has 0 aromatic heterocycles. The predicted octanol–water partition coefficient (Wildman–Crippen LogP) is -0.905. The number of ether oxygens (including phenoxy) is 1. The van der Waals surface area contributed by atoms with Crippen LogP contribution in [0.2, 0.25) is 0 Å². The van der Waals surface area contributed by atoms with Crippen LogP contribution >= 0.6 is 0 Å². The van der Waals surface area contributed by atoms with Crippen LogP contribution in [0.5, 0.6) is 0 Å². The maximum Gasteiger partial charge on any atom is 0.330 e. The summed E-state index contributed by atoms with van der Waals surface area (Å²) in [5.74, 6) is -2.67. The van der Waals surface area contributed by atoms with Crippen molar-refractivity contribution in [2.45, 2.75) is 50.6 Å². The van der Waals surface area contributed by atoms with Gasteiger partial charge in [0.15, 0.2) is 0 Å². The minimum Gasteiger partial charge on any atom is -0.481 e. The van der Waals surface area contributed by atoms with Crippen molar-refractivity contribution in [1.29, 1.82) is 0 Å². The molecule has 0 bridgehead atoms. The molecule has 0 aliphatic heterocycles. The molecule has 0 aromatic carbocycles. The third kappa shape index (κ3) is 8.57. The normalized spacial score (nSPS) is 13.6. The van der Waals surface area contributed by atoms with Gasteiger partial charge in [-0.25, -0.2) is 9.59 Å². The minimum absolute atomic E-state index is 0.0898. The molecule has 0 saturated heterocycles. The van der Waals surface area contributed by atoms with E-state index in [1.54, 1.807) is 0 Å². The van der Waals surface area contributed by atoms with E-state index in [-0.39, 0.29) is 19.3 Å². The predicted molar refractivity (Wildman–Crippen MR) is 71.4 cm³/mol. The average molecular weight is 289 g/mol. The molecule has 0 heterocycles. The zero-order valence-electron chi connectivity index (χ0n) is 11.4. The van der Waals surface area contributed by atoms with E-state index in [4.69, 9.17) is 22.3 Å². The van der Waals surface area contributed by atoms with Gasteiger partial charge < -0.3 is 27.0 Å². The van der Waals surface area contributed by atoms with E-state index in [1.165, 1.54) is 0 Å². The monoisotopic (exact) mass is 289 g/mol. The Kier molecular flexibility index (Phi) is 9.52. The Hall–Kier alpha value is -1.51. The van der Waals surface area contributed by atoms with Gasteiger partial charge >= 0.3 is 17.9 Å². The highest BCUT2D eigenvalue weighted by Crippen LogP contribution is 2.04. The van der Waals surface area contributed by atoms with E-state index in [0.29, 0.717) is 19.4 Å². The summed E-state index contributed by atoms with van der Waals surface area (Å²) in [7, 11) is 0. The number of rotatable bonds is 10. The number of hydrogen-bond acceptors (Lipinski definition) is 7. The Morgan fingerprint density at radius 2 is 1.45 bits per heavy atom. The molecule has 2 atom stereocenters. The molecule has 0 fully saturated rings. The van der Waals surface area contributed by atoms with Crippen LogP contribution in [0.25, 0.3) is 0 Å². The largest absolute Gasteiger partial charge is 0.481 e. The number of nitrogens with two attached hydrogens (primary N) is 3. The van der Waals surface area contributed by atoms with Gasteiger partial charge in [0.2, 0.25) is 0 Å². The van der Waals surface area contributed by atoms with E-state index in [1.807, 2.05) is 0 Å². The van der Waals surface area contributed by atoms with Crippen molar-refractivity contribution in [3.05, 3.63) is 0 Å². The molecule has 0 amide bonds. The third-order valence-corrected chi connectivity index (χ3v) is 2.68. The van der Waals surface area contributed by atoms with Gasteiger partial charge in [-0.15, -0.1) is 0 Å². The molecular weight excluding hydrogens is 266 g/mol. The first-order chi connectivity index (χ1) is 9.38. The highest BCUT2D eigenvalue weighted by molar-refractivity contribution is 5.90. The molecule has 0 spiro atoms. The summed E-state index contributed by atoms with van der Waals surface area (Å²) in [6, 6.07) is -1.90. The number of hydrogen-bond donors (Lipinski definition) is 4. The number of esters is 2. The van der Waals surface area contributed by atoms with Crippen molar-refractivity contribution in [3.63, 3.8) is 0 Å². The van der Waals surface area contributed by atoms with Crippen LogP contribution < -0.4 is 17.2 Å². The second-order valence-electron chi connectivity index (χ2n) is 4.52. The van der Waals surface area contributed by atoms with Crippen molar-refractivity contribution in [3.8, 4) is 0 Å². The average Bonchev–Trinajstić information content (AvgIpc) is 2.38.